The number of hydrogen-bond donors (Lipinski definition) is 2. The second kappa shape index (κ2) is 12.7. The van der Waals surface area contributed by atoms with Crippen LogP contribution < -0.4 is 19.5 Å². The minimum atomic E-state index is -3.83. The molecule has 1 aliphatic heterocycles. The summed E-state index contributed by atoms with van der Waals surface area (Å²) in [6, 6.07) is 17.5. The molecule has 10 nitrogen and oxygen atoms in total. The van der Waals surface area contributed by atoms with Crippen LogP contribution in [0.3, 0.4) is 0 Å². The molecule has 3 aromatic carbocycles. The molecule has 0 saturated carbocycles. The summed E-state index contributed by atoms with van der Waals surface area (Å²) in [6.07, 6.45) is 1.74. The molecule has 1 heterocycles. The molecule has 0 unspecified atom stereocenters. The number of aryl methyl sites for hydroxylation is 1. The first kappa shape index (κ1) is 29.4. The van der Waals surface area contributed by atoms with Crippen LogP contribution in [-0.4, -0.2) is 53.4 Å². The van der Waals surface area contributed by atoms with Gasteiger partial charge < -0.3 is 14.8 Å². The molecule has 0 bridgehead atoms. The van der Waals surface area contributed by atoms with E-state index in [1.54, 1.807) is 55.5 Å². The number of rotatable bonds is 12. The summed E-state index contributed by atoms with van der Waals surface area (Å²) < 4.78 is 65.9. The third kappa shape index (κ3) is 7.32. The fraction of sp³-hybridized carbons (Fsp3) is 0.321. The highest BCUT2D eigenvalue weighted by atomic mass is 32.2. The lowest BCUT2D eigenvalue weighted by molar-refractivity contribution is -0.123. The Balaban J connectivity index is 1.28. The van der Waals surface area contributed by atoms with E-state index < -0.39 is 20.0 Å². The molecule has 0 atom stereocenters. The number of hydrogen-bond acceptors (Lipinski definition) is 7. The first-order valence-electron chi connectivity index (χ1n) is 12.9. The fourth-order valence-electron chi connectivity index (χ4n) is 4.20. The lowest BCUT2D eigenvalue weighted by atomic mass is 10.2. The highest BCUT2D eigenvalue weighted by molar-refractivity contribution is 7.92. The van der Waals surface area contributed by atoms with Gasteiger partial charge in [0.2, 0.25) is 10.0 Å². The van der Waals surface area contributed by atoms with Crippen molar-refractivity contribution in [1.29, 1.82) is 0 Å². The number of carbonyl (C=O) groups excluding carboxylic acids is 1. The molecular weight excluding hydrogens is 554 g/mol. The number of benzene rings is 3. The van der Waals surface area contributed by atoms with Gasteiger partial charge in [-0.3, -0.25) is 9.52 Å². The summed E-state index contributed by atoms with van der Waals surface area (Å²) in [5, 5.41) is 2.74. The summed E-state index contributed by atoms with van der Waals surface area (Å²) in [7, 11) is -7.31. The maximum absolute atomic E-state index is 12.8. The summed E-state index contributed by atoms with van der Waals surface area (Å²) >= 11 is 0. The average molecular weight is 588 g/mol. The van der Waals surface area contributed by atoms with Gasteiger partial charge in [0.15, 0.2) is 6.61 Å². The highest BCUT2D eigenvalue weighted by Gasteiger charge is 2.26. The Morgan fingerprint density at radius 2 is 1.52 bits per heavy atom. The zero-order valence-corrected chi connectivity index (χ0v) is 24.1. The van der Waals surface area contributed by atoms with Crippen molar-refractivity contribution in [3.05, 3.63) is 77.9 Å². The Morgan fingerprint density at radius 3 is 2.15 bits per heavy atom. The van der Waals surface area contributed by atoms with E-state index in [9.17, 15) is 21.6 Å². The van der Waals surface area contributed by atoms with E-state index in [2.05, 4.69) is 10.0 Å². The zero-order chi connectivity index (χ0) is 28.8. The van der Waals surface area contributed by atoms with Crippen molar-refractivity contribution >= 4 is 31.6 Å². The molecule has 0 aliphatic carbocycles. The maximum Gasteiger partial charge on any atom is 0.261 e. The van der Waals surface area contributed by atoms with E-state index in [-0.39, 0.29) is 28.8 Å². The Bertz CT molecular complexity index is 1530. The quantitative estimate of drug-likeness (QED) is 0.331. The fourth-order valence-corrected chi connectivity index (χ4v) is 6.86. The Kier molecular flexibility index (Phi) is 9.33. The third-order valence-corrected chi connectivity index (χ3v) is 9.64. The minimum Gasteiger partial charge on any atom is -0.494 e. The van der Waals surface area contributed by atoms with Gasteiger partial charge in [0.05, 0.1) is 16.4 Å². The Labute approximate surface area is 235 Å². The second-order valence-corrected chi connectivity index (χ2v) is 12.9. The number of nitrogens with zero attached hydrogens (tertiary/aromatic N) is 1. The molecule has 214 valence electrons. The maximum atomic E-state index is 12.8. The predicted octanol–water partition coefficient (Wildman–Crippen LogP) is 3.67. The van der Waals surface area contributed by atoms with Gasteiger partial charge in [-0.05, 0) is 92.4 Å². The number of anilines is 1. The van der Waals surface area contributed by atoms with E-state index in [4.69, 9.17) is 9.47 Å². The molecule has 12 heteroatoms. The first-order chi connectivity index (χ1) is 19.1. The van der Waals surface area contributed by atoms with Crippen molar-refractivity contribution < 1.29 is 31.1 Å². The summed E-state index contributed by atoms with van der Waals surface area (Å²) in [5.74, 6) is 0.654. The van der Waals surface area contributed by atoms with Gasteiger partial charge in [-0.15, -0.1) is 0 Å². The van der Waals surface area contributed by atoms with Gasteiger partial charge in [0.1, 0.15) is 11.5 Å². The number of carbonyl (C=O) groups is 1. The van der Waals surface area contributed by atoms with Gasteiger partial charge in [-0.25, -0.2) is 16.8 Å². The van der Waals surface area contributed by atoms with E-state index in [1.807, 2.05) is 6.92 Å². The molecule has 40 heavy (non-hydrogen) atoms. The van der Waals surface area contributed by atoms with Crippen LogP contribution in [-0.2, 0) is 31.4 Å². The molecule has 1 saturated heterocycles. The van der Waals surface area contributed by atoms with Crippen molar-refractivity contribution in [2.45, 2.75) is 43.0 Å². The van der Waals surface area contributed by atoms with E-state index >= 15 is 0 Å². The van der Waals surface area contributed by atoms with E-state index in [1.165, 1.54) is 22.5 Å². The minimum absolute atomic E-state index is 0.0610. The number of sulfonamides is 2. The van der Waals surface area contributed by atoms with E-state index in [0.717, 1.165) is 18.4 Å². The van der Waals surface area contributed by atoms with Crippen LogP contribution in [0.15, 0.2) is 76.5 Å². The molecule has 3 aromatic rings. The van der Waals surface area contributed by atoms with Crippen molar-refractivity contribution in [1.82, 2.24) is 9.62 Å². The van der Waals surface area contributed by atoms with Gasteiger partial charge in [0.25, 0.3) is 15.9 Å². The van der Waals surface area contributed by atoms with Gasteiger partial charge in [-0.1, -0.05) is 12.1 Å². The molecule has 1 fully saturated rings. The number of nitrogens with one attached hydrogen (secondary N) is 2. The van der Waals surface area contributed by atoms with Crippen LogP contribution in [0.4, 0.5) is 5.69 Å². The normalized spacial score (nSPS) is 14.1. The van der Waals surface area contributed by atoms with Crippen LogP contribution in [0.2, 0.25) is 0 Å². The monoisotopic (exact) mass is 587 g/mol. The lowest BCUT2D eigenvalue weighted by Gasteiger charge is -2.15. The van der Waals surface area contributed by atoms with Crippen LogP contribution in [0.25, 0.3) is 0 Å². The second-order valence-electron chi connectivity index (χ2n) is 9.31. The topological polar surface area (TPSA) is 131 Å². The summed E-state index contributed by atoms with van der Waals surface area (Å²) in [6.45, 7) is 5.10. The Morgan fingerprint density at radius 1 is 0.875 bits per heavy atom. The van der Waals surface area contributed by atoms with E-state index in [0.29, 0.717) is 42.4 Å². The SMILES string of the molecule is CCOc1ccc(NS(=O)(=O)c2ccc(OCC(=O)NCc3ccc(S(=O)(=O)N4CCCC4)cc3)c(C)c2)cc1. The van der Waals surface area contributed by atoms with Crippen molar-refractivity contribution in [2.24, 2.45) is 0 Å². The molecule has 0 spiro atoms. The average Bonchev–Trinajstić information content (AvgIpc) is 3.49. The third-order valence-electron chi connectivity index (χ3n) is 6.35. The van der Waals surface area contributed by atoms with Gasteiger partial charge >= 0.3 is 0 Å². The predicted molar refractivity (Wildman–Crippen MR) is 151 cm³/mol. The standard InChI is InChI=1S/C28H33N3O7S2/c1-3-37-24-10-8-23(9-11-24)30-39(33,34)26-14-15-27(21(2)18-26)38-20-28(32)29-19-22-6-12-25(13-7-22)40(35,36)31-16-4-5-17-31/h6-15,18,30H,3-5,16-17,19-20H2,1-2H3,(H,29,32). The highest BCUT2D eigenvalue weighted by Crippen LogP contribution is 2.25. The lowest BCUT2D eigenvalue weighted by Crippen LogP contribution is -2.29. The van der Waals surface area contributed by atoms with Crippen molar-refractivity contribution in [3.63, 3.8) is 0 Å². The summed E-state index contributed by atoms with van der Waals surface area (Å²) in [4.78, 5) is 12.6. The van der Waals surface area contributed by atoms with Crippen LogP contribution in [0.5, 0.6) is 11.5 Å². The number of amides is 1. The van der Waals surface area contributed by atoms with Crippen molar-refractivity contribution in [3.8, 4) is 11.5 Å². The van der Waals surface area contributed by atoms with Crippen LogP contribution in [0, 0.1) is 6.92 Å². The van der Waals surface area contributed by atoms with Gasteiger partial charge in [-0.2, -0.15) is 4.31 Å². The van der Waals surface area contributed by atoms with Crippen LogP contribution >= 0.6 is 0 Å². The molecular formula is C28H33N3O7S2. The molecule has 0 radical (unpaired) electrons. The molecule has 1 aliphatic rings. The van der Waals surface area contributed by atoms with Crippen LogP contribution in [0.1, 0.15) is 30.9 Å². The van der Waals surface area contributed by atoms with Gasteiger partial charge in [0, 0.05) is 25.3 Å². The largest absolute Gasteiger partial charge is 0.494 e. The molecule has 0 aromatic heterocycles. The zero-order valence-electron chi connectivity index (χ0n) is 22.4. The van der Waals surface area contributed by atoms with Crippen molar-refractivity contribution in [2.75, 3.05) is 31.0 Å². The molecule has 1 amide bonds. The molecule has 2 N–H and O–H groups in total. The smallest absolute Gasteiger partial charge is 0.261 e. The first-order valence-corrected chi connectivity index (χ1v) is 15.9. The summed E-state index contributed by atoms with van der Waals surface area (Å²) in [5.41, 5.74) is 1.71. The molecule has 4 rings (SSSR count). The number of ether oxygens (including phenoxy) is 2. The Hall–Kier alpha value is -3.61.